The molecule has 1 aliphatic heterocycles. The second kappa shape index (κ2) is 10.00. The van der Waals surface area contributed by atoms with Gasteiger partial charge in [-0.3, -0.25) is 0 Å². The molecule has 1 aliphatic carbocycles. The third-order valence-electron chi connectivity index (χ3n) is 9.32. The zero-order valence-electron chi connectivity index (χ0n) is 24.2. The lowest BCUT2D eigenvalue weighted by Gasteiger charge is -2.28. The summed E-state index contributed by atoms with van der Waals surface area (Å²) in [4.78, 5) is 2.48. The summed E-state index contributed by atoms with van der Waals surface area (Å²) in [5, 5.41) is 2.55. The zero-order chi connectivity index (χ0) is 29.0. The van der Waals surface area contributed by atoms with E-state index >= 15 is 0 Å². The van der Waals surface area contributed by atoms with Gasteiger partial charge in [-0.25, -0.2) is 0 Å². The van der Waals surface area contributed by atoms with Crippen LogP contribution in [0.5, 0.6) is 0 Å². The topological polar surface area (TPSA) is 8.17 Å². The van der Waals surface area contributed by atoms with E-state index in [1.165, 1.54) is 66.7 Å². The molecular formula is C42H30N2. The maximum Gasteiger partial charge on any atom is 0.0629 e. The van der Waals surface area contributed by atoms with E-state index < -0.39 is 0 Å². The van der Waals surface area contributed by atoms with E-state index in [1.54, 1.807) is 0 Å². The molecule has 2 nitrogen and oxygen atoms in total. The Morgan fingerprint density at radius 1 is 0.432 bits per heavy atom. The van der Waals surface area contributed by atoms with Crippen LogP contribution in [0.15, 0.2) is 170 Å². The smallest absolute Gasteiger partial charge is 0.0629 e. The number of rotatable bonds is 4. The molecule has 2 heterocycles. The van der Waals surface area contributed by atoms with E-state index in [4.69, 9.17) is 0 Å². The van der Waals surface area contributed by atoms with Gasteiger partial charge in [-0.05, 0) is 82.4 Å². The SMILES string of the molecule is C1=CC2c3cc(-c4ccc(-c5ccc6c(c5)c5ccccc5n6-c5ccccc5)cc4)ccc3N(c3ccccc3)C2C=C1. The summed E-state index contributed by atoms with van der Waals surface area (Å²) in [6.45, 7) is 0. The summed E-state index contributed by atoms with van der Waals surface area (Å²) in [6.07, 6.45) is 9.05. The molecule has 9 rings (SSSR count). The first kappa shape index (κ1) is 24.9. The van der Waals surface area contributed by atoms with Gasteiger partial charge in [0.15, 0.2) is 0 Å². The van der Waals surface area contributed by atoms with Crippen molar-refractivity contribution in [3.05, 3.63) is 175 Å². The summed E-state index contributed by atoms with van der Waals surface area (Å²) in [5.41, 5.74) is 12.5. The van der Waals surface area contributed by atoms with Crippen LogP contribution in [0.2, 0.25) is 0 Å². The highest BCUT2D eigenvalue weighted by molar-refractivity contribution is 6.10. The van der Waals surface area contributed by atoms with E-state index in [9.17, 15) is 0 Å². The predicted molar refractivity (Wildman–Crippen MR) is 185 cm³/mol. The Kier molecular flexibility index (Phi) is 5.67. The van der Waals surface area contributed by atoms with Gasteiger partial charge in [0.25, 0.3) is 0 Å². The molecular weight excluding hydrogens is 532 g/mol. The molecule has 2 heteroatoms. The van der Waals surface area contributed by atoms with Crippen molar-refractivity contribution in [2.45, 2.75) is 12.0 Å². The van der Waals surface area contributed by atoms with Gasteiger partial charge in [-0.15, -0.1) is 0 Å². The van der Waals surface area contributed by atoms with Crippen molar-refractivity contribution in [2.75, 3.05) is 4.90 Å². The summed E-state index contributed by atoms with van der Waals surface area (Å²) >= 11 is 0. The molecule has 0 amide bonds. The van der Waals surface area contributed by atoms with Crippen molar-refractivity contribution in [3.63, 3.8) is 0 Å². The molecule has 6 aromatic carbocycles. The first-order valence-electron chi connectivity index (χ1n) is 15.4. The van der Waals surface area contributed by atoms with Crippen LogP contribution in [-0.4, -0.2) is 10.6 Å². The zero-order valence-corrected chi connectivity index (χ0v) is 24.2. The van der Waals surface area contributed by atoms with Crippen LogP contribution in [0, 0.1) is 0 Å². The minimum Gasteiger partial charge on any atom is -0.333 e. The van der Waals surface area contributed by atoms with Gasteiger partial charge in [0, 0.05) is 33.8 Å². The van der Waals surface area contributed by atoms with E-state index in [2.05, 4.69) is 179 Å². The number of hydrogen-bond acceptors (Lipinski definition) is 1. The van der Waals surface area contributed by atoms with E-state index in [0.717, 1.165) is 0 Å². The maximum absolute atomic E-state index is 2.48. The van der Waals surface area contributed by atoms with Crippen LogP contribution in [0.1, 0.15) is 11.5 Å². The van der Waals surface area contributed by atoms with Gasteiger partial charge in [-0.1, -0.05) is 115 Å². The van der Waals surface area contributed by atoms with Crippen LogP contribution < -0.4 is 4.90 Å². The van der Waals surface area contributed by atoms with Crippen molar-refractivity contribution >= 4 is 33.2 Å². The Balaban J connectivity index is 1.08. The number of fused-ring (bicyclic) bond motifs is 6. The summed E-state index contributed by atoms with van der Waals surface area (Å²) in [6, 6.07) is 53.3. The monoisotopic (exact) mass is 562 g/mol. The Bertz CT molecular complexity index is 2220. The first-order valence-corrected chi connectivity index (χ1v) is 15.4. The molecule has 0 radical (unpaired) electrons. The second-order valence-electron chi connectivity index (χ2n) is 11.8. The van der Waals surface area contributed by atoms with Crippen LogP contribution in [0.4, 0.5) is 11.4 Å². The molecule has 0 saturated heterocycles. The standard InChI is InChI=1S/C42H30N2/c1-3-11-33(12-4-1)43-39-17-9-7-15-35(39)37-27-31(23-25-41(37)43)29-19-21-30(22-20-29)32-24-26-42-38(28-32)36-16-8-10-18-40(36)44(42)34-13-5-2-6-14-34/h1-28,35,39H. The fraction of sp³-hybridized carbons (Fsp3) is 0.0476. The lowest BCUT2D eigenvalue weighted by atomic mass is 9.89. The molecule has 2 aliphatic rings. The fourth-order valence-corrected chi connectivity index (χ4v) is 7.27. The fourth-order valence-electron chi connectivity index (χ4n) is 7.27. The molecule has 2 unspecified atom stereocenters. The van der Waals surface area contributed by atoms with E-state index in [0.29, 0.717) is 12.0 Å². The van der Waals surface area contributed by atoms with Crippen LogP contribution >= 0.6 is 0 Å². The van der Waals surface area contributed by atoms with E-state index in [-0.39, 0.29) is 0 Å². The van der Waals surface area contributed by atoms with Crippen molar-refractivity contribution in [3.8, 4) is 27.9 Å². The van der Waals surface area contributed by atoms with Crippen LogP contribution in [0.25, 0.3) is 49.7 Å². The number of allylic oxidation sites excluding steroid dienone is 2. The quantitative estimate of drug-likeness (QED) is 0.207. The molecule has 0 spiro atoms. The van der Waals surface area contributed by atoms with Crippen molar-refractivity contribution in [1.29, 1.82) is 0 Å². The van der Waals surface area contributed by atoms with Gasteiger partial charge < -0.3 is 9.47 Å². The molecule has 44 heavy (non-hydrogen) atoms. The minimum absolute atomic E-state index is 0.304. The average molecular weight is 563 g/mol. The summed E-state index contributed by atoms with van der Waals surface area (Å²) < 4.78 is 2.37. The molecule has 1 aromatic heterocycles. The number of para-hydroxylation sites is 3. The normalized spacial score (nSPS) is 16.9. The molecule has 0 N–H and O–H groups in total. The van der Waals surface area contributed by atoms with Crippen LogP contribution in [-0.2, 0) is 0 Å². The highest BCUT2D eigenvalue weighted by Gasteiger charge is 2.37. The third-order valence-corrected chi connectivity index (χ3v) is 9.32. The summed E-state index contributed by atoms with van der Waals surface area (Å²) in [7, 11) is 0. The summed E-state index contributed by atoms with van der Waals surface area (Å²) in [5.74, 6) is 0.346. The van der Waals surface area contributed by atoms with Crippen molar-refractivity contribution in [1.82, 2.24) is 4.57 Å². The highest BCUT2D eigenvalue weighted by Crippen LogP contribution is 2.48. The Morgan fingerprint density at radius 3 is 1.80 bits per heavy atom. The minimum atomic E-state index is 0.304. The lowest BCUT2D eigenvalue weighted by Crippen LogP contribution is -2.28. The highest BCUT2D eigenvalue weighted by atomic mass is 15.2. The number of hydrogen-bond donors (Lipinski definition) is 0. The lowest BCUT2D eigenvalue weighted by molar-refractivity contribution is 0.745. The molecule has 0 saturated carbocycles. The average Bonchev–Trinajstić information content (AvgIpc) is 3.61. The number of anilines is 2. The Morgan fingerprint density at radius 2 is 1.02 bits per heavy atom. The van der Waals surface area contributed by atoms with Gasteiger partial charge in [0.1, 0.15) is 0 Å². The predicted octanol–water partition coefficient (Wildman–Crippen LogP) is 10.8. The van der Waals surface area contributed by atoms with E-state index in [1.807, 2.05) is 0 Å². The largest absolute Gasteiger partial charge is 0.333 e. The number of aromatic nitrogens is 1. The Hall–Kier alpha value is -5.60. The second-order valence-corrected chi connectivity index (χ2v) is 11.8. The van der Waals surface area contributed by atoms with Gasteiger partial charge in [0.2, 0.25) is 0 Å². The molecule has 0 fully saturated rings. The number of benzene rings is 6. The van der Waals surface area contributed by atoms with Crippen LogP contribution in [0.3, 0.4) is 0 Å². The number of nitrogens with zero attached hydrogens (tertiary/aromatic N) is 2. The Labute approximate surface area is 257 Å². The van der Waals surface area contributed by atoms with Crippen molar-refractivity contribution in [2.24, 2.45) is 0 Å². The van der Waals surface area contributed by atoms with Crippen molar-refractivity contribution < 1.29 is 0 Å². The third kappa shape index (κ3) is 3.88. The molecule has 7 aromatic rings. The van der Waals surface area contributed by atoms with Gasteiger partial charge in [0.05, 0.1) is 17.1 Å². The molecule has 0 bridgehead atoms. The molecule has 2 atom stereocenters. The molecule has 208 valence electrons. The van der Waals surface area contributed by atoms with Gasteiger partial charge in [-0.2, -0.15) is 0 Å². The first-order chi connectivity index (χ1) is 21.8. The van der Waals surface area contributed by atoms with Gasteiger partial charge >= 0.3 is 0 Å². The maximum atomic E-state index is 2.48.